The predicted molar refractivity (Wildman–Crippen MR) is 104 cm³/mol. The average molecular weight is 474 g/mol. The number of nitriles is 1. The summed E-state index contributed by atoms with van der Waals surface area (Å²) in [4.78, 5) is 25.5. The summed E-state index contributed by atoms with van der Waals surface area (Å²) in [5, 5.41) is 18.0. The highest BCUT2D eigenvalue weighted by Gasteiger charge is 2.40. The van der Waals surface area contributed by atoms with Gasteiger partial charge in [0.15, 0.2) is 0 Å². The third-order valence-corrected chi connectivity index (χ3v) is 7.19. The van der Waals surface area contributed by atoms with E-state index in [0.29, 0.717) is 18.9 Å². The Morgan fingerprint density at radius 3 is 2.38 bits per heavy atom. The molecule has 2 fully saturated rings. The number of carboxylic acid groups (broad SMARTS) is 1. The minimum atomic E-state index is -4.97. The Morgan fingerprint density at radius 1 is 1.16 bits per heavy atom. The van der Waals surface area contributed by atoms with E-state index < -0.39 is 44.8 Å². The zero-order valence-corrected chi connectivity index (χ0v) is 17.6. The number of hydrogen-bond donors (Lipinski definition) is 2. The van der Waals surface area contributed by atoms with E-state index in [1.807, 2.05) is 0 Å². The first-order valence-electron chi connectivity index (χ1n) is 9.86. The van der Waals surface area contributed by atoms with Crippen molar-refractivity contribution >= 4 is 22.0 Å². The molecule has 2 saturated heterocycles. The van der Waals surface area contributed by atoms with Gasteiger partial charge in [-0.3, -0.25) is 9.69 Å². The molecule has 0 spiro atoms. The lowest BCUT2D eigenvalue weighted by Gasteiger charge is -2.35. The van der Waals surface area contributed by atoms with Crippen LogP contribution in [0.5, 0.6) is 0 Å². The number of likely N-dealkylation sites (tertiary alicyclic amines) is 2. The number of amides is 2. The molecule has 1 atom stereocenters. The second kappa shape index (κ2) is 8.95. The molecule has 0 saturated carbocycles. The number of rotatable bonds is 4. The van der Waals surface area contributed by atoms with Crippen molar-refractivity contribution in [1.29, 1.82) is 5.26 Å². The molecule has 3 rings (SSSR count). The largest absolute Gasteiger partial charge is 0.465 e. The van der Waals surface area contributed by atoms with Crippen molar-refractivity contribution < 1.29 is 36.3 Å². The van der Waals surface area contributed by atoms with Crippen LogP contribution in [0.15, 0.2) is 23.1 Å². The normalized spacial score (nSPS) is 20.2. The lowest BCUT2D eigenvalue weighted by atomic mass is 10.0. The highest BCUT2D eigenvalue weighted by atomic mass is 32.2. The number of alkyl halides is 3. The summed E-state index contributed by atoms with van der Waals surface area (Å²) in [5.74, 6) is -0.349. The van der Waals surface area contributed by atoms with Crippen LogP contribution in [-0.2, 0) is 21.0 Å². The van der Waals surface area contributed by atoms with Gasteiger partial charge in [0.05, 0.1) is 22.1 Å². The molecule has 2 heterocycles. The average Bonchev–Trinajstić information content (AvgIpc) is 3.22. The van der Waals surface area contributed by atoms with Gasteiger partial charge in [0.25, 0.3) is 0 Å². The molecule has 2 N–H and O–H groups in total. The maximum atomic E-state index is 13.4. The van der Waals surface area contributed by atoms with Crippen LogP contribution in [0, 0.1) is 11.3 Å². The standard InChI is InChI=1S/C19H21F3N4O5S/c20-19(21,22)14-10-12(11-23)3-4-16(14)32(30,31)24-13-5-8-25(9-6-13)17(27)15-2-1-7-26(15)18(28)29/h3-4,10,13,15,24H,1-2,5-9H2,(H,28,29)/t15-/m0/s1. The van der Waals surface area contributed by atoms with Crippen molar-refractivity contribution in [2.24, 2.45) is 0 Å². The summed E-state index contributed by atoms with van der Waals surface area (Å²) in [6.45, 7) is 0.569. The lowest BCUT2D eigenvalue weighted by molar-refractivity contribution is -0.140. The highest BCUT2D eigenvalue weighted by molar-refractivity contribution is 7.89. The summed E-state index contributed by atoms with van der Waals surface area (Å²) >= 11 is 0. The number of sulfonamides is 1. The van der Waals surface area contributed by atoms with Gasteiger partial charge in [0, 0.05) is 25.7 Å². The van der Waals surface area contributed by atoms with Crippen molar-refractivity contribution in [1.82, 2.24) is 14.5 Å². The van der Waals surface area contributed by atoms with E-state index in [1.165, 1.54) is 4.90 Å². The maximum Gasteiger partial charge on any atom is 0.417 e. The van der Waals surface area contributed by atoms with Crippen LogP contribution in [0.4, 0.5) is 18.0 Å². The molecule has 2 aliphatic rings. The molecule has 0 bridgehead atoms. The summed E-state index contributed by atoms with van der Waals surface area (Å²) in [7, 11) is -4.54. The molecular weight excluding hydrogens is 453 g/mol. The SMILES string of the molecule is N#Cc1ccc(S(=O)(=O)NC2CCN(C(=O)[C@@H]3CCCN3C(=O)O)CC2)c(C(F)(F)F)c1. The lowest BCUT2D eigenvalue weighted by Crippen LogP contribution is -2.52. The molecule has 0 aliphatic carbocycles. The van der Waals surface area contributed by atoms with Gasteiger partial charge >= 0.3 is 12.3 Å². The smallest absolute Gasteiger partial charge is 0.417 e. The summed E-state index contributed by atoms with van der Waals surface area (Å²) in [6.07, 6.45) is -4.82. The van der Waals surface area contributed by atoms with E-state index in [9.17, 15) is 36.3 Å². The molecule has 0 unspecified atom stereocenters. The predicted octanol–water partition coefficient (Wildman–Crippen LogP) is 1.99. The first-order valence-corrected chi connectivity index (χ1v) is 11.3. The number of nitrogens with zero attached hydrogens (tertiary/aromatic N) is 3. The number of hydrogen-bond acceptors (Lipinski definition) is 5. The molecule has 13 heteroatoms. The number of piperidine rings is 1. The quantitative estimate of drug-likeness (QED) is 0.686. The molecule has 1 aromatic carbocycles. The second-order valence-corrected chi connectivity index (χ2v) is 9.36. The van der Waals surface area contributed by atoms with E-state index in [1.54, 1.807) is 6.07 Å². The van der Waals surface area contributed by atoms with Gasteiger partial charge in [-0.15, -0.1) is 0 Å². The second-order valence-electron chi connectivity index (χ2n) is 7.68. The van der Waals surface area contributed by atoms with Crippen LogP contribution >= 0.6 is 0 Å². The van der Waals surface area contributed by atoms with Crippen molar-refractivity contribution in [2.45, 2.75) is 48.8 Å². The molecule has 2 amide bonds. The minimum Gasteiger partial charge on any atom is -0.465 e. The van der Waals surface area contributed by atoms with Crippen LogP contribution in [0.1, 0.15) is 36.8 Å². The third-order valence-electron chi connectivity index (χ3n) is 5.62. The Hall–Kier alpha value is -2.85. The van der Waals surface area contributed by atoms with E-state index in [4.69, 9.17) is 5.26 Å². The van der Waals surface area contributed by atoms with Crippen LogP contribution in [0.25, 0.3) is 0 Å². The van der Waals surface area contributed by atoms with E-state index in [2.05, 4.69) is 4.72 Å². The van der Waals surface area contributed by atoms with Crippen molar-refractivity contribution in [3.8, 4) is 6.07 Å². The molecule has 9 nitrogen and oxygen atoms in total. The van der Waals surface area contributed by atoms with Gasteiger partial charge < -0.3 is 10.0 Å². The highest BCUT2D eigenvalue weighted by Crippen LogP contribution is 2.35. The van der Waals surface area contributed by atoms with Gasteiger partial charge in [-0.25, -0.2) is 17.9 Å². The zero-order valence-electron chi connectivity index (χ0n) is 16.8. The fourth-order valence-corrected chi connectivity index (χ4v) is 5.53. The van der Waals surface area contributed by atoms with Crippen LogP contribution in [0.3, 0.4) is 0 Å². The van der Waals surface area contributed by atoms with Crippen LogP contribution < -0.4 is 4.72 Å². The molecular formula is C19H21F3N4O5S. The fourth-order valence-electron chi connectivity index (χ4n) is 4.02. The number of halogens is 3. The number of carbonyl (C=O) groups is 2. The Bertz CT molecular complexity index is 1050. The monoisotopic (exact) mass is 474 g/mol. The van der Waals surface area contributed by atoms with Gasteiger partial charge in [0.1, 0.15) is 6.04 Å². The first kappa shape index (κ1) is 23.8. The fraction of sp³-hybridized carbons (Fsp3) is 0.526. The van der Waals surface area contributed by atoms with E-state index >= 15 is 0 Å². The number of benzene rings is 1. The molecule has 0 radical (unpaired) electrons. The van der Waals surface area contributed by atoms with E-state index in [-0.39, 0.29) is 43.9 Å². The van der Waals surface area contributed by atoms with Crippen LogP contribution in [-0.4, -0.2) is 67.0 Å². The van der Waals surface area contributed by atoms with Gasteiger partial charge in [-0.1, -0.05) is 0 Å². The minimum absolute atomic E-state index is 0.148. The Balaban J connectivity index is 1.68. The van der Waals surface area contributed by atoms with Gasteiger partial charge in [-0.2, -0.15) is 18.4 Å². The summed E-state index contributed by atoms with van der Waals surface area (Å²) in [6, 6.07) is 2.34. The number of carbonyl (C=O) groups excluding carboxylic acids is 1. The maximum absolute atomic E-state index is 13.4. The van der Waals surface area contributed by atoms with E-state index in [0.717, 1.165) is 17.0 Å². The van der Waals surface area contributed by atoms with Crippen LogP contribution in [0.2, 0.25) is 0 Å². The van der Waals surface area contributed by atoms with Gasteiger partial charge in [-0.05, 0) is 43.9 Å². The van der Waals surface area contributed by atoms with Crippen molar-refractivity contribution in [3.63, 3.8) is 0 Å². The van der Waals surface area contributed by atoms with Crippen molar-refractivity contribution in [3.05, 3.63) is 29.3 Å². The molecule has 32 heavy (non-hydrogen) atoms. The molecule has 0 aromatic heterocycles. The van der Waals surface area contributed by atoms with Gasteiger partial charge in [0.2, 0.25) is 15.9 Å². The number of nitrogens with one attached hydrogen (secondary N) is 1. The Kier molecular flexibility index (Phi) is 6.66. The third kappa shape index (κ3) is 4.97. The molecule has 1 aromatic rings. The Labute approximate surface area is 182 Å². The summed E-state index contributed by atoms with van der Waals surface area (Å²) in [5.41, 5.74) is -1.74. The Morgan fingerprint density at radius 2 is 1.81 bits per heavy atom. The molecule has 174 valence electrons. The molecule has 2 aliphatic heterocycles. The zero-order chi connectivity index (χ0) is 23.7. The topological polar surface area (TPSA) is 131 Å². The first-order chi connectivity index (χ1) is 14.9. The van der Waals surface area contributed by atoms with Crippen molar-refractivity contribution in [2.75, 3.05) is 19.6 Å². The summed E-state index contributed by atoms with van der Waals surface area (Å²) < 4.78 is 67.7.